The molecule has 1 radical (unpaired) electrons. The molecule has 1 unspecified atom stereocenters. The van der Waals surface area contributed by atoms with Crippen molar-refractivity contribution in [2.24, 2.45) is 0 Å². The third kappa shape index (κ3) is 10.9. The van der Waals surface area contributed by atoms with Crippen LogP contribution in [0.5, 0.6) is 0 Å². The van der Waals surface area contributed by atoms with Crippen molar-refractivity contribution in [3.8, 4) is 0 Å². The van der Waals surface area contributed by atoms with Gasteiger partial charge in [0.15, 0.2) is 0 Å². The van der Waals surface area contributed by atoms with E-state index in [4.69, 9.17) is 0 Å². The third-order valence-electron chi connectivity index (χ3n) is 3.28. The molecule has 0 aliphatic rings. The van der Waals surface area contributed by atoms with E-state index in [1.165, 1.54) is 64.2 Å². The highest BCUT2D eigenvalue weighted by Crippen LogP contribution is 2.18. The number of rotatable bonds is 12. The lowest BCUT2D eigenvalue weighted by atomic mass is 10.1. The van der Waals surface area contributed by atoms with Gasteiger partial charge in [-0.05, 0) is 19.1 Å². The van der Waals surface area contributed by atoms with E-state index in [-0.39, 0.29) is 0 Å². The molecule has 16 heavy (non-hydrogen) atoms. The summed E-state index contributed by atoms with van der Waals surface area (Å²) in [5.41, 5.74) is 0. The third-order valence-corrected chi connectivity index (χ3v) is 4.42. The zero-order valence-corrected chi connectivity index (χ0v) is 12.3. The van der Waals surface area contributed by atoms with E-state index in [0.29, 0.717) is 0 Å². The Morgan fingerprint density at radius 1 is 0.875 bits per heavy atom. The first kappa shape index (κ1) is 16.4. The molecule has 0 aromatic heterocycles. The predicted molar refractivity (Wildman–Crippen MR) is 79.1 cm³/mol. The monoisotopic (exact) mass is 243 g/mol. The van der Waals surface area contributed by atoms with Gasteiger partial charge < -0.3 is 0 Å². The van der Waals surface area contributed by atoms with Crippen LogP contribution in [0.3, 0.4) is 0 Å². The highest BCUT2D eigenvalue weighted by atomic mass is 32.2. The second kappa shape index (κ2) is 13.4. The van der Waals surface area contributed by atoms with Gasteiger partial charge in [-0.25, -0.2) is 0 Å². The summed E-state index contributed by atoms with van der Waals surface area (Å²) in [4.78, 5) is 0. The Hall–Kier alpha value is 0.350. The molecular formula is C15H31S. The van der Waals surface area contributed by atoms with Gasteiger partial charge in [0.05, 0.1) is 0 Å². The molecule has 0 nitrogen and oxygen atoms in total. The van der Waals surface area contributed by atoms with E-state index >= 15 is 0 Å². The van der Waals surface area contributed by atoms with Crippen LogP contribution in [-0.4, -0.2) is 11.5 Å². The molecule has 0 amide bonds. The first-order chi connectivity index (χ1) is 7.85. The fourth-order valence-electron chi connectivity index (χ4n) is 2.06. The summed E-state index contributed by atoms with van der Waals surface area (Å²) in [6.45, 7) is 6.28. The molecule has 0 rings (SSSR count). The second-order valence-electron chi connectivity index (χ2n) is 4.76. The Morgan fingerprint density at radius 2 is 1.38 bits per heavy atom. The molecule has 0 aliphatic carbocycles. The standard InChI is InChI=1S/C15H31S/c1-4-6-7-8-9-10-11-12-13-14-15(5-2)16-3/h15H,2,4-14H2,1,3H3. The fourth-order valence-corrected chi connectivity index (χ4v) is 2.70. The SMILES string of the molecule is [CH2]CC(CCCCCCCCCCC)SC. The van der Waals surface area contributed by atoms with Crippen LogP contribution in [0.2, 0.25) is 0 Å². The van der Waals surface area contributed by atoms with Crippen molar-refractivity contribution < 1.29 is 0 Å². The zero-order valence-electron chi connectivity index (χ0n) is 11.5. The molecule has 0 aromatic carbocycles. The highest BCUT2D eigenvalue weighted by Gasteiger charge is 2.02. The summed E-state index contributed by atoms with van der Waals surface area (Å²) in [6.07, 6.45) is 17.6. The average Bonchev–Trinajstić information content (AvgIpc) is 2.32. The largest absolute Gasteiger partial charge is 0.162 e. The minimum atomic E-state index is 0.810. The summed E-state index contributed by atoms with van der Waals surface area (Å²) in [7, 11) is 0. The molecule has 97 valence electrons. The molecule has 0 saturated heterocycles. The Bertz CT molecular complexity index is 119. The van der Waals surface area contributed by atoms with E-state index in [1.54, 1.807) is 0 Å². The Morgan fingerprint density at radius 3 is 1.81 bits per heavy atom. The Kier molecular flexibility index (Phi) is 13.7. The summed E-state index contributed by atoms with van der Waals surface area (Å²) >= 11 is 1.98. The van der Waals surface area contributed by atoms with Gasteiger partial charge in [-0.15, -0.1) is 0 Å². The molecule has 0 fully saturated rings. The summed E-state index contributed by atoms with van der Waals surface area (Å²) < 4.78 is 0. The van der Waals surface area contributed by atoms with Gasteiger partial charge in [0.2, 0.25) is 0 Å². The van der Waals surface area contributed by atoms with Crippen molar-refractivity contribution in [3.63, 3.8) is 0 Å². The number of thioether (sulfide) groups is 1. The van der Waals surface area contributed by atoms with Gasteiger partial charge in [-0.2, -0.15) is 11.8 Å². The Labute approximate surface area is 108 Å². The maximum atomic E-state index is 3.99. The topological polar surface area (TPSA) is 0 Å². The lowest BCUT2D eigenvalue weighted by Crippen LogP contribution is -1.99. The molecule has 0 spiro atoms. The molecule has 0 bridgehead atoms. The second-order valence-corrected chi connectivity index (χ2v) is 5.90. The van der Waals surface area contributed by atoms with E-state index in [9.17, 15) is 0 Å². The van der Waals surface area contributed by atoms with Crippen LogP contribution >= 0.6 is 11.8 Å². The lowest BCUT2D eigenvalue weighted by molar-refractivity contribution is 0.553. The van der Waals surface area contributed by atoms with E-state index < -0.39 is 0 Å². The first-order valence-corrected chi connectivity index (χ1v) is 8.46. The Balaban J connectivity index is 3.03. The predicted octanol–water partition coefficient (Wildman–Crippen LogP) is 5.86. The number of hydrogen-bond acceptors (Lipinski definition) is 1. The number of unbranched alkanes of at least 4 members (excludes halogenated alkanes) is 8. The van der Waals surface area contributed by atoms with Crippen LogP contribution in [-0.2, 0) is 0 Å². The van der Waals surface area contributed by atoms with E-state index in [2.05, 4.69) is 20.1 Å². The summed E-state index contributed by atoms with van der Waals surface area (Å²) in [6, 6.07) is 0. The summed E-state index contributed by atoms with van der Waals surface area (Å²) in [5, 5.41) is 0.810. The van der Waals surface area contributed by atoms with Crippen molar-refractivity contribution in [3.05, 3.63) is 6.92 Å². The molecular weight excluding hydrogens is 212 g/mol. The van der Waals surface area contributed by atoms with Crippen molar-refractivity contribution >= 4 is 11.8 Å². The quantitative estimate of drug-likeness (QED) is 0.387. The normalized spacial score (nSPS) is 12.9. The molecule has 1 atom stereocenters. The average molecular weight is 243 g/mol. The molecule has 0 heterocycles. The van der Waals surface area contributed by atoms with Crippen LogP contribution in [0.4, 0.5) is 0 Å². The van der Waals surface area contributed by atoms with Crippen molar-refractivity contribution in [1.82, 2.24) is 0 Å². The smallest absolute Gasteiger partial charge is 0.00442 e. The van der Waals surface area contributed by atoms with Crippen LogP contribution in [0, 0.1) is 6.92 Å². The molecule has 0 aliphatic heterocycles. The van der Waals surface area contributed by atoms with E-state index in [1.807, 2.05) is 11.8 Å². The van der Waals surface area contributed by atoms with Gasteiger partial charge >= 0.3 is 0 Å². The van der Waals surface area contributed by atoms with Gasteiger partial charge in [0, 0.05) is 5.25 Å². The van der Waals surface area contributed by atoms with E-state index in [0.717, 1.165) is 11.7 Å². The van der Waals surface area contributed by atoms with Crippen LogP contribution in [0.25, 0.3) is 0 Å². The van der Waals surface area contributed by atoms with Gasteiger partial charge in [-0.1, -0.05) is 71.6 Å². The van der Waals surface area contributed by atoms with Gasteiger partial charge in [0.25, 0.3) is 0 Å². The van der Waals surface area contributed by atoms with Crippen molar-refractivity contribution in [2.75, 3.05) is 6.26 Å². The first-order valence-electron chi connectivity index (χ1n) is 7.17. The number of hydrogen-bond donors (Lipinski definition) is 0. The maximum absolute atomic E-state index is 3.99. The fraction of sp³-hybridized carbons (Fsp3) is 0.933. The molecule has 0 saturated carbocycles. The van der Waals surface area contributed by atoms with Crippen molar-refractivity contribution in [1.29, 1.82) is 0 Å². The zero-order chi connectivity index (χ0) is 12.1. The van der Waals surface area contributed by atoms with Crippen LogP contribution in [0.1, 0.15) is 77.6 Å². The molecule has 1 heteroatoms. The van der Waals surface area contributed by atoms with Crippen LogP contribution in [0.15, 0.2) is 0 Å². The minimum Gasteiger partial charge on any atom is -0.162 e. The highest BCUT2D eigenvalue weighted by molar-refractivity contribution is 7.99. The minimum absolute atomic E-state index is 0.810. The van der Waals surface area contributed by atoms with Gasteiger partial charge in [-0.3, -0.25) is 0 Å². The lowest BCUT2D eigenvalue weighted by Gasteiger charge is -2.10. The molecule has 0 aromatic rings. The molecule has 0 N–H and O–H groups in total. The summed E-state index contributed by atoms with van der Waals surface area (Å²) in [5.74, 6) is 0. The van der Waals surface area contributed by atoms with Crippen LogP contribution < -0.4 is 0 Å². The van der Waals surface area contributed by atoms with Gasteiger partial charge in [0.1, 0.15) is 0 Å². The van der Waals surface area contributed by atoms with Crippen molar-refractivity contribution in [2.45, 2.75) is 82.8 Å². The maximum Gasteiger partial charge on any atom is 0.00442 e.